The fraction of sp³-hybridized carbons (Fsp3) is 0.310. The number of aliphatic hydroxyl groups is 1. The van der Waals surface area contributed by atoms with Gasteiger partial charge in [-0.25, -0.2) is 21.6 Å². The first-order valence-electron chi connectivity index (χ1n) is 12.4. The maximum atomic E-state index is 13.9. The third-order valence-corrected chi connectivity index (χ3v) is 10.1. The smallest absolute Gasteiger partial charge is 0.255 e. The van der Waals surface area contributed by atoms with E-state index in [-0.39, 0.29) is 45.8 Å². The van der Waals surface area contributed by atoms with E-state index < -0.39 is 44.0 Å². The van der Waals surface area contributed by atoms with Crippen LogP contribution in [0.15, 0.2) is 64.1 Å². The van der Waals surface area contributed by atoms with Crippen LogP contribution < -0.4 is 5.32 Å². The summed E-state index contributed by atoms with van der Waals surface area (Å²) in [5.74, 6) is -0.448. The monoisotopic (exact) mass is 590 g/mol. The summed E-state index contributed by atoms with van der Waals surface area (Å²) in [6.07, 6.45) is 6.36. The molecule has 0 spiro atoms. The highest BCUT2D eigenvalue weighted by molar-refractivity contribution is 7.92. The highest BCUT2D eigenvalue weighted by atomic mass is 35.5. The molecule has 2 atom stereocenters. The lowest BCUT2D eigenvalue weighted by atomic mass is 9.77. The van der Waals surface area contributed by atoms with Gasteiger partial charge in [0.25, 0.3) is 5.91 Å². The maximum absolute atomic E-state index is 13.9. The number of anilines is 1. The minimum atomic E-state index is -4.06. The van der Waals surface area contributed by atoms with Gasteiger partial charge in [0.05, 0.1) is 15.2 Å². The van der Waals surface area contributed by atoms with E-state index >= 15 is 0 Å². The number of amides is 1. The van der Waals surface area contributed by atoms with Crippen molar-refractivity contribution in [1.82, 2.24) is 0 Å². The standard InChI is InChI=1S/C29H26ClF3N2O4S/c1-3-17(9-11-34-2)8-10-29(37)15-19-4-5-20(16-29)27(19)40(38,39)25-12-18(6-7-22(25)30)28(36)35-21-13-23(31)26(33)24(32)14-21/h3,6-7,9,11-14,19-20,27,37H,2,4-5,15-16H2,1H3,(H,35,36)/b11-9-,17-3-. The third kappa shape index (κ3) is 6.02. The van der Waals surface area contributed by atoms with Crippen molar-refractivity contribution >= 4 is 39.8 Å². The molecule has 6 nitrogen and oxygen atoms in total. The van der Waals surface area contributed by atoms with E-state index in [2.05, 4.69) is 28.9 Å². The third-order valence-electron chi connectivity index (χ3n) is 7.25. The molecule has 2 bridgehead atoms. The second kappa shape index (κ2) is 11.6. The van der Waals surface area contributed by atoms with Gasteiger partial charge in [-0.05, 0) is 75.4 Å². The topological polar surface area (TPSA) is 95.8 Å². The molecule has 11 heteroatoms. The minimum absolute atomic E-state index is 0.0872. The minimum Gasteiger partial charge on any atom is -0.378 e. The Morgan fingerprint density at radius 1 is 1.18 bits per heavy atom. The second-order valence-corrected chi connectivity index (χ2v) is 12.4. The number of sulfone groups is 1. The first kappa shape index (κ1) is 29.6. The Kier molecular flexibility index (Phi) is 8.59. The molecular weight excluding hydrogens is 565 g/mol. The van der Waals surface area contributed by atoms with Crippen molar-refractivity contribution in [2.45, 2.75) is 48.4 Å². The fourth-order valence-corrected chi connectivity index (χ4v) is 8.35. The van der Waals surface area contributed by atoms with Crippen LogP contribution in [0.5, 0.6) is 0 Å². The summed E-state index contributed by atoms with van der Waals surface area (Å²) < 4.78 is 68.1. The number of hydrogen-bond donors (Lipinski definition) is 2. The molecular formula is C29H26ClF3N2O4S. The van der Waals surface area contributed by atoms with Gasteiger partial charge in [0.2, 0.25) is 0 Å². The number of carbonyl (C=O) groups is 1. The average molecular weight is 591 g/mol. The molecule has 0 radical (unpaired) electrons. The molecule has 40 heavy (non-hydrogen) atoms. The zero-order chi connectivity index (χ0) is 29.2. The van der Waals surface area contributed by atoms with Crippen molar-refractivity contribution in [2.75, 3.05) is 5.32 Å². The molecule has 2 aliphatic rings. The number of aliphatic imine (C=N–C) groups is 1. The first-order valence-corrected chi connectivity index (χ1v) is 14.3. The van der Waals surface area contributed by atoms with E-state index in [0.29, 0.717) is 30.5 Å². The lowest BCUT2D eigenvalue weighted by molar-refractivity contribution is 0.0340. The average Bonchev–Trinajstić information content (AvgIpc) is 3.20. The number of nitrogens with zero attached hydrogens (tertiary/aromatic N) is 1. The number of carbonyl (C=O) groups excluding carboxylic acids is 1. The van der Waals surface area contributed by atoms with Gasteiger partial charge in [0.1, 0.15) is 5.60 Å². The van der Waals surface area contributed by atoms with Gasteiger partial charge in [-0.1, -0.05) is 29.5 Å². The Bertz CT molecular complexity index is 1560. The number of halogens is 4. The molecule has 2 saturated carbocycles. The van der Waals surface area contributed by atoms with Crippen LogP contribution in [0, 0.1) is 41.1 Å². The molecule has 2 aromatic rings. The Morgan fingerprint density at radius 2 is 1.80 bits per heavy atom. The number of fused-ring (bicyclic) bond motifs is 2. The Hall–Kier alpha value is -3.39. The molecule has 2 aliphatic carbocycles. The Morgan fingerprint density at radius 3 is 2.38 bits per heavy atom. The van der Waals surface area contributed by atoms with Crippen LogP contribution in [0.3, 0.4) is 0 Å². The number of rotatable bonds is 6. The highest BCUT2D eigenvalue weighted by Gasteiger charge is 2.54. The summed E-state index contributed by atoms with van der Waals surface area (Å²) in [7, 11) is -4.06. The molecule has 2 fully saturated rings. The van der Waals surface area contributed by atoms with Crippen LogP contribution in [-0.4, -0.2) is 37.0 Å². The molecule has 210 valence electrons. The predicted octanol–water partition coefficient (Wildman–Crippen LogP) is 5.87. The second-order valence-electron chi connectivity index (χ2n) is 9.89. The SMILES string of the molecule is C=N/C=C\C(C#CC1(O)CC2CCC(C1)C2S(=O)(=O)c1cc(C(=O)Nc2cc(F)c(F)c(F)c2)ccc1Cl)=C/C. The van der Waals surface area contributed by atoms with Gasteiger partial charge < -0.3 is 10.4 Å². The summed E-state index contributed by atoms with van der Waals surface area (Å²) in [5.41, 5.74) is -1.20. The van der Waals surface area contributed by atoms with E-state index in [1.54, 1.807) is 19.1 Å². The lowest BCUT2D eigenvalue weighted by Gasteiger charge is -2.38. The Labute approximate surface area is 235 Å². The van der Waals surface area contributed by atoms with Gasteiger partial charge in [-0.2, -0.15) is 0 Å². The van der Waals surface area contributed by atoms with Crippen LogP contribution >= 0.6 is 11.6 Å². The zero-order valence-corrected chi connectivity index (χ0v) is 23.0. The summed E-state index contributed by atoms with van der Waals surface area (Å²) in [6, 6.07) is 4.86. The van der Waals surface area contributed by atoms with Gasteiger partial charge >= 0.3 is 0 Å². The molecule has 0 aliphatic heterocycles. The van der Waals surface area contributed by atoms with Crippen molar-refractivity contribution in [2.24, 2.45) is 16.8 Å². The van der Waals surface area contributed by atoms with Crippen LogP contribution in [-0.2, 0) is 9.84 Å². The van der Waals surface area contributed by atoms with Gasteiger partial charge in [-0.15, -0.1) is 0 Å². The Balaban J connectivity index is 1.58. The molecule has 4 rings (SSSR count). The molecule has 1 amide bonds. The summed E-state index contributed by atoms with van der Waals surface area (Å²) in [4.78, 5) is 16.2. The van der Waals surface area contributed by atoms with Gasteiger partial charge in [0, 0.05) is 35.2 Å². The quantitative estimate of drug-likeness (QED) is 0.190. The lowest BCUT2D eigenvalue weighted by Crippen LogP contribution is -2.45. The van der Waals surface area contributed by atoms with Gasteiger partial charge in [-0.3, -0.25) is 9.79 Å². The number of allylic oxidation sites excluding steroid dienone is 3. The molecule has 2 aromatic carbocycles. The van der Waals surface area contributed by atoms with Crippen molar-refractivity contribution in [1.29, 1.82) is 0 Å². The van der Waals surface area contributed by atoms with Crippen molar-refractivity contribution < 1.29 is 31.5 Å². The predicted molar refractivity (Wildman–Crippen MR) is 147 cm³/mol. The first-order chi connectivity index (χ1) is 18.9. The molecule has 2 unspecified atom stereocenters. The normalized spacial score (nSPS) is 24.4. The van der Waals surface area contributed by atoms with Crippen LogP contribution in [0.2, 0.25) is 5.02 Å². The maximum Gasteiger partial charge on any atom is 0.255 e. The van der Waals surface area contributed by atoms with E-state index in [0.717, 1.165) is 6.07 Å². The molecule has 0 saturated heterocycles. The van der Waals surface area contributed by atoms with Crippen molar-refractivity contribution in [3.63, 3.8) is 0 Å². The van der Waals surface area contributed by atoms with Crippen molar-refractivity contribution in [3.8, 4) is 11.8 Å². The number of benzene rings is 2. The molecule has 0 heterocycles. The van der Waals surface area contributed by atoms with Crippen LogP contribution in [0.25, 0.3) is 0 Å². The van der Waals surface area contributed by atoms with E-state index in [9.17, 15) is 31.5 Å². The van der Waals surface area contributed by atoms with Crippen LogP contribution in [0.1, 0.15) is 43.0 Å². The van der Waals surface area contributed by atoms with Crippen LogP contribution in [0.4, 0.5) is 18.9 Å². The summed E-state index contributed by atoms with van der Waals surface area (Å²) >= 11 is 6.29. The van der Waals surface area contributed by atoms with E-state index in [4.69, 9.17) is 11.6 Å². The summed E-state index contributed by atoms with van der Waals surface area (Å²) in [5, 5.41) is 12.5. The number of hydrogen-bond acceptors (Lipinski definition) is 5. The summed E-state index contributed by atoms with van der Waals surface area (Å²) in [6.45, 7) is 5.17. The zero-order valence-electron chi connectivity index (χ0n) is 21.4. The number of nitrogens with one attached hydrogen (secondary N) is 1. The molecule has 2 N–H and O–H groups in total. The van der Waals surface area contributed by atoms with Gasteiger partial charge in [0.15, 0.2) is 27.3 Å². The van der Waals surface area contributed by atoms with Crippen molar-refractivity contribution in [3.05, 3.63) is 82.3 Å². The molecule has 0 aromatic heterocycles. The fourth-order valence-electron chi connectivity index (χ4n) is 5.51. The van der Waals surface area contributed by atoms with E-state index in [1.807, 2.05) is 0 Å². The van der Waals surface area contributed by atoms with E-state index in [1.165, 1.54) is 18.3 Å². The largest absolute Gasteiger partial charge is 0.378 e. The highest BCUT2D eigenvalue weighted by Crippen LogP contribution is 2.51.